The number of methoxy groups -OCH3 is 1. The average molecular weight is 326 g/mol. The Morgan fingerprint density at radius 3 is 3.00 bits per heavy atom. The van der Waals surface area contributed by atoms with Gasteiger partial charge in [0.15, 0.2) is 0 Å². The summed E-state index contributed by atoms with van der Waals surface area (Å²) in [6.45, 7) is 3.59. The summed E-state index contributed by atoms with van der Waals surface area (Å²) in [5, 5.41) is 0. The number of rotatable bonds is 5. The maximum atomic E-state index is 11.3. The fourth-order valence-electron chi connectivity index (χ4n) is 2.76. The molecule has 2 rings (SSSR count). The van der Waals surface area contributed by atoms with Crippen LogP contribution in [0.3, 0.4) is 0 Å². The Balaban J connectivity index is 2.11. The summed E-state index contributed by atoms with van der Waals surface area (Å²) in [6.07, 6.45) is 2.96. The molecule has 1 atom stereocenters. The monoisotopic (exact) mass is 325 g/mol. The third-order valence-corrected chi connectivity index (χ3v) is 4.13. The lowest BCUT2D eigenvalue weighted by Gasteiger charge is -2.24. The van der Waals surface area contributed by atoms with E-state index in [2.05, 4.69) is 26.9 Å². The number of ether oxygens (including phenoxy) is 1. The van der Waals surface area contributed by atoms with Gasteiger partial charge in [-0.05, 0) is 44.5 Å². The smallest absolute Gasteiger partial charge is 0.131 e. The minimum absolute atomic E-state index is 0.276. The molecule has 4 heteroatoms. The Morgan fingerprint density at radius 2 is 2.32 bits per heavy atom. The second-order valence-electron chi connectivity index (χ2n) is 5.13. The fraction of sp³-hybridized carbons (Fsp3) is 0.533. The van der Waals surface area contributed by atoms with Crippen molar-refractivity contribution in [1.29, 1.82) is 0 Å². The third kappa shape index (κ3) is 3.80. The number of carbonyl (C=O) groups excluding carboxylic acids is 1. The topological polar surface area (TPSA) is 29.5 Å². The van der Waals surface area contributed by atoms with Crippen LogP contribution in [0.4, 0.5) is 0 Å². The van der Waals surface area contributed by atoms with Crippen molar-refractivity contribution < 1.29 is 9.53 Å². The molecule has 19 heavy (non-hydrogen) atoms. The van der Waals surface area contributed by atoms with E-state index < -0.39 is 0 Å². The molecule has 1 heterocycles. The Hall–Kier alpha value is -0.870. The first-order chi connectivity index (χ1) is 9.10. The lowest BCUT2D eigenvalue weighted by Crippen LogP contribution is -2.30. The normalized spacial score (nSPS) is 19.6. The molecule has 0 bridgehead atoms. The molecule has 1 aliphatic rings. The van der Waals surface area contributed by atoms with Crippen LogP contribution in [0.5, 0.6) is 5.75 Å². The van der Waals surface area contributed by atoms with Gasteiger partial charge in [0.05, 0.1) is 7.11 Å². The lowest BCUT2D eigenvalue weighted by molar-refractivity contribution is -0.118. The molecule has 104 valence electrons. The van der Waals surface area contributed by atoms with Crippen LogP contribution in [0, 0.1) is 0 Å². The van der Waals surface area contributed by atoms with E-state index in [1.54, 1.807) is 14.0 Å². The van der Waals surface area contributed by atoms with Crippen LogP contribution in [0.2, 0.25) is 0 Å². The van der Waals surface area contributed by atoms with Gasteiger partial charge in [-0.15, -0.1) is 0 Å². The molecule has 0 spiro atoms. The zero-order chi connectivity index (χ0) is 13.8. The van der Waals surface area contributed by atoms with Crippen LogP contribution < -0.4 is 4.74 Å². The van der Waals surface area contributed by atoms with Gasteiger partial charge in [0, 0.05) is 29.0 Å². The Labute approximate surface area is 123 Å². The summed E-state index contributed by atoms with van der Waals surface area (Å²) in [4.78, 5) is 13.7. The maximum absolute atomic E-state index is 11.3. The van der Waals surface area contributed by atoms with Crippen molar-refractivity contribution in [3.05, 3.63) is 28.2 Å². The van der Waals surface area contributed by atoms with E-state index in [9.17, 15) is 4.79 Å². The van der Waals surface area contributed by atoms with Gasteiger partial charge in [-0.3, -0.25) is 9.69 Å². The number of Topliss-reactive ketones (excluding diaryl/α,β-unsaturated/α-hetero) is 1. The van der Waals surface area contributed by atoms with Gasteiger partial charge in [-0.1, -0.05) is 15.9 Å². The van der Waals surface area contributed by atoms with E-state index in [-0.39, 0.29) is 5.78 Å². The maximum Gasteiger partial charge on any atom is 0.131 e. The molecule has 1 aliphatic heterocycles. The first kappa shape index (κ1) is 14.5. The van der Waals surface area contributed by atoms with Crippen molar-refractivity contribution >= 4 is 21.7 Å². The molecule has 1 aromatic rings. The van der Waals surface area contributed by atoms with E-state index in [0.29, 0.717) is 12.5 Å². The average Bonchev–Trinajstić information content (AvgIpc) is 2.76. The molecule has 0 amide bonds. The van der Waals surface area contributed by atoms with Crippen molar-refractivity contribution in [2.24, 2.45) is 0 Å². The summed E-state index contributed by atoms with van der Waals surface area (Å²) in [6, 6.07) is 6.46. The van der Waals surface area contributed by atoms with Gasteiger partial charge >= 0.3 is 0 Å². The highest BCUT2D eigenvalue weighted by Gasteiger charge is 2.26. The zero-order valence-electron chi connectivity index (χ0n) is 11.5. The van der Waals surface area contributed by atoms with Crippen molar-refractivity contribution in [1.82, 2.24) is 4.90 Å². The number of hydrogen-bond acceptors (Lipinski definition) is 3. The number of halogens is 1. The molecule has 1 fully saturated rings. The van der Waals surface area contributed by atoms with E-state index in [1.165, 1.54) is 12.0 Å². The van der Waals surface area contributed by atoms with Crippen molar-refractivity contribution in [2.75, 3.05) is 13.7 Å². The molecule has 1 unspecified atom stereocenters. The van der Waals surface area contributed by atoms with Crippen LogP contribution in [0.1, 0.15) is 31.7 Å². The van der Waals surface area contributed by atoms with Gasteiger partial charge < -0.3 is 4.74 Å². The molecule has 0 radical (unpaired) electrons. The number of hydrogen-bond donors (Lipinski definition) is 0. The number of likely N-dealkylation sites (tertiary alicyclic amines) is 1. The van der Waals surface area contributed by atoms with Gasteiger partial charge in [0.1, 0.15) is 11.5 Å². The van der Waals surface area contributed by atoms with Crippen LogP contribution in [0.25, 0.3) is 0 Å². The highest BCUT2D eigenvalue weighted by molar-refractivity contribution is 9.10. The van der Waals surface area contributed by atoms with E-state index in [1.807, 2.05) is 12.1 Å². The second kappa shape index (κ2) is 6.53. The summed E-state index contributed by atoms with van der Waals surface area (Å²) in [5.74, 6) is 1.19. The quantitative estimate of drug-likeness (QED) is 0.831. The molecule has 0 saturated carbocycles. The molecular formula is C15H20BrNO2. The molecule has 1 aromatic carbocycles. The number of ketones is 1. The summed E-state index contributed by atoms with van der Waals surface area (Å²) < 4.78 is 6.47. The van der Waals surface area contributed by atoms with Crippen LogP contribution in [0.15, 0.2) is 22.7 Å². The van der Waals surface area contributed by atoms with Crippen molar-refractivity contribution in [3.63, 3.8) is 0 Å². The van der Waals surface area contributed by atoms with Gasteiger partial charge in [-0.2, -0.15) is 0 Å². The molecule has 0 aliphatic carbocycles. The first-order valence-corrected chi connectivity index (χ1v) is 7.45. The lowest BCUT2D eigenvalue weighted by atomic mass is 10.1. The highest BCUT2D eigenvalue weighted by atomic mass is 79.9. The molecule has 3 nitrogen and oxygen atoms in total. The molecule has 0 N–H and O–H groups in total. The third-order valence-electron chi connectivity index (χ3n) is 3.64. The summed E-state index contributed by atoms with van der Waals surface area (Å²) in [5.41, 5.74) is 1.17. The number of benzene rings is 1. The van der Waals surface area contributed by atoms with E-state index >= 15 is 0 Å². The van der Waals surface area contributed by atoms with Gasteiger partial charge in [0.2, 0.25) is 0 Å². The molecular weight excluding hydrogens is 306 g/mol. The predicted octanol–water partition coefficient (Wildman–Crippen LogP) is 3.40. The second-order valence-corrected chi connectivity index (χ2v) is 6.04. The highest BCUT2D eigenvalue weighted by Crippen LogP contribution is 2.28. The number of carbonyl (C=O) groups is 1. The van der Waals surface area contributed by atoms with Crippen molar-refractivity contribution in [3.8, 4) is 5.75 Å². The van der Waals surface area contributed by atoms with Gasteiger partial charge in [0.25, 0.3) is 0 Å². The minimum atomic E-state index is 0.276. The Kier molecular flexibility index (Phi) is 4.99. The van der Waals surface area contributed by atoms with E-state index in [4.69, 9.17) is 4.74 Å². The van der Waals surface area contributed by atoms with Gasteiger partial charge in [-0.25, -0.2) is 0 Å². The largest absolute Gasteiger partial charge is 0.496 e. The SMILES string of the molecule is COc1ccc(Br)cc1CN1CCCC1CC(C)=O. The summed E-state index contributed by atoms with van der Waals surface area (Å²) in [7, 11) is 1.70. The van der Waals surface area contributed by atoms with Crippen molar-refractivity contribution in [2.45, 2.75) is 38.8 Å². The van der Waals surface area contributed by atoms with Crippen LogP contribution >= 0.6 is 15.9 Å². The number of nitrogens with zero attached hydrogens (tertiary/aromatic N) is 1. The standard InChI is InChI=1S/C15H20BrNO2/c1-11(18)8-14-4-3-7-17(14)10-12-9-13(16)5-6-15(12)19-2/h5-6,9,14H,3-4,7-8,10H2,1-2H3. The van der Waals surface area contributed by atoms with Crippen LogP contribution in [-0.2, 0) is 11.3 Å². The fourth-order valence-corrected chi connectivity index (χ4v) is 3.16. The predicted molar refractivity (Wildman–Crippen MR) is 79.4 cm³/mol. The zero-order valence-corrected chi connectivity index (χ0v) is 13.1. The molecule has 1 saturated heterocycles. The first-order valence-electron chi connectivity index (χ1n) is 6.66. The Bertz CT molecular complexity index is 461. The minimum Gasteiger partial charge on any atom is -0.496 e. The Morgan fingerprint density at radius 1 is 1.53 bits per heavy atom. The van der Waals surface area contributed by atoms with Crippen LogP contribution in [-0.4, -0.2) is 30.4 Å². The molecule has 0 aromatic heterocycles. The van der Waals surface area contributed by atoms with E-state index in [0.717, 1.165) is 29.7 Å². The summed E-state index contributed by atoms with van der Waals surface area (Å²) >= 11 is 3.50.